The largest absolute Gasteiger partial charge is 0.349 e. The summed E-state index contributed by atoms with van der Waals surface area (Å²) < 4.78 is 1.69. The van der Waals surface area contributed by atoms with Crippen molar-refractivity contribution in [1.29, 1.82) is 0 Å². The molecule has 5 nitrogen and oxygen atoms in total. The van der Waals surface area contributed by atoms with E-state index < -0.39 is 0 Å². The monoisotopic (exact) mass is 256 g/mol. The quantitative estimate of drug-likeness (QED) is 0.906. The molecule has 5 heteroatoms. The average Bonchev–Trinajstić information content (AvgIpc) is 3.18. The summed E-state index contributed by atoms with van der Waals surface area (Å²) in [7, 11) is 0. The fraction of sp³-hybridized carbons (Fsp3) is 0.357. The van der Waals surface area contributed by atoms with Crippen LogP contribution in [0, 0.1) is 12.8 Å². The third-order valence-corrected chi connectivity index (χ3v) is 3.22. The van der Waals surface area contributed by atoms with E-state index in [9.17, 15) is 4.79 Å². The van der Waals surface area contributed by atoms with Gasteiger partial charge >= 0.3 is 0 Å². The molecule has 2 aromatic rings. The van der Waals surface area contributed by atoms with Crippen LogP contribution in [0.1, 0.15) is 29.3 Å². The van der Waals surface area contributed by atoms with Gasteiger partial charge in [0.25, 0.3) is 5.91 Å². The molecule has 1 fully saturated rings. The number of carbonyl (C=O) groups excluding carboxylic acids is 1. The summed E-state index contributed by atoms with van der Waals surface area (Å²) >= 11 is 0. The van der Waals surface area contributed by atoms with Gasteiger partial charge in [-0.1, -0.05) is 18.2 Å². The number of hydrogen-bond donors (Lipinski definition) is 1. The highest BCUT2D eigenvalue weighted by Gasteiger charge is 2.23. The third kappa shape index (κ3) is 2.65. The van der Waals surface area contributed by atoms with Crippen molar-refractivity contribution >= 4 is 5.91 Å². The number of aromatic nitrogens is 3. The smallest absolute Gasteiger partial charge is 0.290 e. The number of rotatable bonds is 4. The molecule has 0 bridgehead atoms. The van der Waals surface area contributed by atoms with E-state index in [-0.39, 0.29) is 11.7 Å². The summed E-state index contributed by atoms with van der Waals surface area (Å²) in [5, 5.41) is 7.15. The predicted molar refractivity (Wildman–Crippen MR) is 71.2 cm³/mol. The molecule has 0 spiro atoms. The number of nitrogens with zero attached hydrogens (tertiary/aromatic N) is 3. The molecule has 1 aliphatic rings. The Kier molecular flexibility index (Phi) is 3.03. The van der Waals surface area contributed by atoms with Gasteiger partial charge in [-0.25, -0.2) is 9.67 Å². The highest BCUT2D eigenvalue weighted by Crippen LogP contribution is 2.27. The first-order valence-corrected chi connectivity index (χ1v) is 6.51. The van der Waals surface area contributed by atoms with Gasteiger partial charge < -0.3 is 5.32 Å². The third-order valence-electron chi connectivity index (χ3n) is 3.22. The lowest BCUT2D eigenvalue weighted by molar-refractivity contribution is 0.0941. The lowest BCUT2D eigenvalue weighted by Gasteiger charge is -2.01. The van der Waals surface area contributed by atoms with E-state index in [2.05, 4.69) is 15.4 Å². The first kappa shape index (κ1) is 11.9. The molecule has 98 valence electrons. The number of hydrogen-bond acceptors (Lipinski definition) is 3. The van der Waals surface area contributed by atoms with Crippen molar-refractivity contribution in [2.75, 3.05) is 6.54 Å². The Hall–Kier alpha value is -2.17. The molecular weight excluding hydrogens is 240 g/mol. The minimum absolute atomic E-state index is 0.190. The molecular formula is C14H16N4O. The number of nitrogens with one attached hydrogen (secondary N) is 1. The number of carbonyl (C=O) groups is 1. The minimum Gasteiger partial charge on any atom is -0.349 e. The van der Waals surface area contributed by atoms with E-state index in [4.69, 9.17) is 0 Å². The molecule has 0 aliphatic heterocycles. The van der Waals surface area contributed by atoms with E-state index in [1.807, 2.05) is 37.3 Å². The maximum atomic E-state index is 11.9. The molecule has 1 aromatic carbocycles. The molecule has 1 aliphatic carbocycles. The lowest BCUT2D eigenvalue weighted by Crippen LogP contribution is -2.26. The summed E-state index contributed by atoms with van der Waals surface area (Å²) in [5.74, 6) is 1.41. The Morgan fingerprint density at radius 2 is 2.11 bits per heavy atom. The zero-order valence-corrected chi connectivity index (χ0v) is 10.8. The number of benzene rings is 1. The van der Waals surface area contributed by atoms with Gasteiger partial charge in [0.2, 0.25) is 5.82 Å². The van der Waals surface area contributed by atoms with Crippen LogP contribution in [0.2, 0.25) is 0 Å². The molecule has 0 saturated heterocycles. The van der Waals surface area contributed by atoms with Crippen LogP contribution in [0.15, 0.2) is 30.3 Å². The molecule has 19 heavy (non-hydrogen) atoms. The zero-order valence-electron chi connectivity index (χ0n) is 10.8. The topological polar surface area (TPSA) is 59.8 Å². The fourth-order valence-corrected chi connectivity index (χ4v) is 1.94. The first-order chi connectivity index (χ1) is 9.24. The summed E-state index contributed by atoms with van der Waals surface area (Å²) in [6.45, 7) is 2.58. The highest BCUT2D eigenvalue weighted by molar-refractivity contribution is 5.90. The number of aryl methyl sites for hydroxylation is 1. The number of amides is 1. The highest BCUT2D eigenvalue weighted by atomic mass is 16.2. The van der Waals surface area contributed by atoms with Gasteiger partial charge in [0.15, 0.2) is 0 Å². The van der Waals surface area contributed by atoms with Crippen LogP contribution >= 0.6 is 0 Å². The van der Waals surface area contributed by atoms with Crippen molar-refractivity contribution in [3.8, 4) is 5.69 Å². The molecule has 3 rings (SSSR count). The van der Waals surface area contributed by atoms with Gasteiger partial charge in [-0.2, -0.15) is 0 Å². The van der Waals surface area contributed by atoms with E-state index in [0.29, 0.717) is 11.7 Å². The first-order valence-electron chi connectivity index (χ1n) is 6.51. The van der Waals surface area contributed by atoms with E-state index >= 15 is 0 Å². The Morgan fingerprint density at radius 3 is 2.79 bits per heavy atom. The van der Waals surface area contributed by atoms with Gasteiger partial charge in [-0.05, 0) is 37.8 Å². The van der Waals surface area contributed by atoms with E-state index in [1.54, 1.807) is 4.68 Å². The van der Waals surface area contributed by atoms with Gasteiger partial charge in [0.05, 0.1) is 5.69 Å². The molecule has 0 radical (unpaired) electrons. The summed E-state index contributed by atoms with van der Waals surface area (Å²) in [4.78, 5) is 16.1. The van der Waals surface area contributed by atoms with Crippen molar-refractivity contribution in [3.63, 3.8) is 0 Å². The maximum Gasteiger partial charge on any atom is 0.290 e. The summed E-state index contributed by atoms with van der Waals surface area (Å²) in [5.41, 5.74) is 0.911. The van der Waals surface area contributed by atoms with E-state index in [0.717, 1.165) is 12.2 Å². The molecule has 1 heterocycles. The standard InChI is InChI=1S/C14H16N4O/c1-10-16-13(14(19)15-9-11-7-8-11)17-18(10)12-5-3-2-4-6-12/h2-6,11H,7-9H2,1H3,(H,15,19). The second-order valence-corrected chi connectivity index (χ2v) is 4.88. The molecule has 1 aromatic heterocycles. The van der Waals surface area contributed by atoms with Crippen molar-refractivity contribution in [1.82, 2.24) is 20.1 Å². The SMILES string of the molecule is Cc1nc(C(=O)NCC2CC2)nn1-c1ccccc1. The van der Waals surface area contributed by atoms with Crippen LogP contribution in [0.25, 0.3) is 5.69 Å². The van der Waals surface area contributed by atoms with Crippen LogP contribution < -0.4 is 5.32 Å². The van der Waals surface area contributed by atoms with E-state index in [1.165, 1.54) is 12.8 Å². The molecule has 1 N–H and O–H groups in total. The lowest BCUT2D eigenvalue weighted by atomic mass is 10.3. The van der Waals surface area contributed by atoms with Gasteiger partial charge in [0, 0.05) is 6.54 Å². The minimum atomic E-state index is -0.190. The second kappa shape index (κ2) is 4.84. The molecule has 0 unspecified atom stereocenters. The zero-order chi connectivity index (χ0) is 13.2. The van der Waals surface area contributed by atoms with Crippen LogP contribution in [-0.4, -0.2) is 27.2 Å². The van der Waals surface area contributed by atoms with Crippen LogP contribution in [0.3, 0.4) is 0 Å². The van der Waals surface area contributed by atoms with Crippen LogP contribution in [-0.2, 0) is 0 Å². The van der Waals surface area contributed by atoms with Gasteiger partial charge in [-0.15, -0.1) is 5.10 Å². The average molecular weight is 256 g/mol. The van der Waals surface area contributed by atoms with Crippen molar-refractivity contribution in [2.24, 2.45) is 5.92 Å². The Labute approximate surface area is 111 Å². The second-order valence-electron chi connectivity index (χ2n) is 4.88. The molecule has 1 saturated carbocycles. The van der Waals surface area contributed by atoms with Crippen molar-refractivity contribution in [2.45, 2.75) is 19.8 Å². The molecule has 1 amide bonds. The summed E-state index contributed by atoms with van der Waals surface area (Å²) in [6.07, 6.45) is 2.43. The van der Waals surface area contributed by atoms with Crippen LogP contribution in [0.5, 0.6) is 0 Å². The van der Waals surface area contributed by atoms with Crippen LogP contribution in [0.4, 0.5) is 0 Å². The van der Waals surface area contributed by atoms with Gasteiger partial charge in [-0.3, -0.25) is 4.79 Å². The van der Waals surface area contributed by atoms with Crippen molar-refractivity contribution < 1.29 is 4.79 Å². The summed E-state index contributed by atoms with van der Waals surface area (Å²) in [6, 6.07) is 9.69. The Balaban J connectivity index is 1.78. The Bertz CT molecular complexity index is 587. The van der Waals surface area contributed by atoms with Gasteiger partial charge in [0.1, 0.15) is 5.82 Å². The molecule has 0 atom stereocenters. The maximum absolute atomic E-state index is 11.9. The number of para-hydroxylation sites is 1. The van der Waals surface area contributed by atoms with Crippen molar-refractivity contribution in [3.05, 3.63) is 42.0 Å². The predicted octanol–water partition coefficient (Wildman–Crippen LogP) is 1.72. The normalized spacial score (nSPS) is 14.4. The Morgan fingerprint density at radius 1 is 1.37 bits per heavy atom. The fourth-order valence-electron chi connectivity index (χ4n) is 1.94.